The summed E-state index contributed by atoms with van der Waals surface area (Å²) in [5.41, 5.74) is -0.557. The fraction of sp³-hybridized carbons (Fsp3) is 0.308. The van der Waals surface area contributed by atoms with Crippen LogP contribution in [0.15, 0.2) is 28.5 Å². The third-order valence-corrected chi connectivity index (χ3v) is 4.76. The lowest BCUT2D eigenvalue weighted by atomic mass is 9.81. The van der Waals surface area contributed by atoms with Gasteiger partial charge in [-0.25, -0.2) is 8.42 Å². The minimum Gasteiger partial charge on any atom is -0.497 e. The van der Waals surface area contributed by atoms with E-state index in [9.17, 15) is 18.3 Å². The van der Waals surface area contributed by atoms with Crippen LogP contribution in [0.4, 0.5) is 0 Å². The van der Waals surface area contributed by atoms with E-state index < -0.39 is 21.2 Å². The Hall–Kier alpha value is -1.82. The van der Waals surface area contributed by atoms with E-state index >= 15 is 0 Å². The Bertz CT molecular complexity index is 683. The summed E-state index contributed by atoms with van der Waals surface area (Å²) in [6.45, 7) is 2.96. The molecule has 19 heavy (non-hydrogen) atoms. The average Bonchev–Trinajstić information content (AvgIpc) is 2.61. The maximum absolute atomic E-state index is 12.1. The van der Waals surface area contributed by atoms with Crippen LogP contribution in [0, 0.1) is 5.41 Å². The van der Waals surface area contributed by atoms with Crippen molar-refractivity contribution in [1.82, 2.24) is 0 Å². The maximum Gasteiger partial charge on any atom is 0.313 e. The molecule has 0 radical (unpaired) electrons. The summed E-state index contributed by atoms with van der Waals surface area (Å²) in [7, 11) is -2.17. The highest BCUT2D eigenvalue weighted by Crippen LogP contribution is 2.44. The van der Waals surface area contributed by atoms with Gasteiger partial charge in [-0.1, -0.05) is 0 Å². The number of carbonyl (C=O) groups is 1. The van der Waals surface area contributed by atoms with Crippen molar-refractivity contribution in [3.63, 3.8) is 0 Å². The van der Waals surface area contributed by atoms with Gasteiger partial charge < -0.3 is 9.84 Å². The van der Waals surface area contributed by atoms with Gasteiger partial charge in [0, 0.05) is 5.41 Å². The van der Waals surface area contributed by atoms with E-state index in [0.717, 1.165) is 5.41 Å². The van der Waals surface area contributed by atoms with Gasteiger partial charge in [0.2, 0.25) is 9.84 Å². The van der Waals surface area contributed by atoms with Gasteiger partial charge in [-0.05, 0) is 43.2 Å². The van der Waals surface area contributed by atoms with Gasteiger partial charge in [0.1, 0.15) is 5.75 Å². The minimum atomic E-state index is -3.61. The number of sulfone groups is 1. The fourth-order valence-corrected chi connectivity index (χ4v) is 3.59. The second-order valence-corrected chi connectivity index (χ2v) is 6.63. The first-order valence-electron chi connectivity index (χ1n) is 5.59. The van der Waals surface area contributed by atoms with Crippen LogP contribution in [0.5, 0.6) is 5.75 Å². The molecule has 0 amide bonds. The van der Waals surface area contributed by atoms with Gasteiger partial charge in [0.05, 0.1) is 17.4 Å². The number of rotatable bonds is 3. The molecule has 1 aromatic rings. The number of hydrogen-bond donors (Lipinski definition) is 1. The Morgan fingerprint density at radius 1 is 1.32 bits per heavy atom. The zero-order valence-electron chi connectivity index (χ0n) is 10.8. The van der Waals surface area contributed by atoms with Gasteiger partial charge in [0.15, 0.2) is 0 Å². The molecule has 0 aliphatic carbocycles. The van der Waals surface area contributed by atoms with E-state index in [1.807, 2.05) is 0 Å². The second-order valence-electron chi connectivity index (χ2n) is 4.87. The molecule has 1 aromatic carbocycles. The van der Waals surface area contributed by atoms with Gasteiger partial charge in [-0.2, -0.15) is 0 Å². The van der Waals surface area contributed by atoms with E-state index in [-0.39, 0.29) is 10.5 Å². The van der Waals surface area contributed by atoms with Crippen LogP contribution in [0.3, 0.4) is 0 Å². The molecule has 1 N–H and O–H groups in total. The van der Waals surface area contributed by atoms with Crippen LogP contribution in [-0.2, 0) is 14.6 Å². The summed E-state index contributed by atoms with van der Waals surface area (Å²) >= 11 is 0. The molecular formula is C13H14O5S. The largest absolute Gasteiger partial charge is 0.497 e. The van der Waals surface area contributed by atoms with Crippen molar-refractivity contribution < 1.29 is 23.1 Å². The molecule has 1 aliphatic heterocycles. The Morgan fingerprint density at radius 3 is 2.47 bits per heavy atom. The molecule has 1 heterocycles. The molecule has 0 bridgehead atoms. The Labute approximate surface area is 111 Å². The van der Waals surface area contributed by atoms with Gasteiger partial charge >= 0.3 is 5.97 Å². The fourth-order valence-electron chi connectivity index (χ4n) is 1.97. The van der Waals surface area contributed by atoms with Crippen molar-refractivity contribution in [1.29, 1.82) is 0 Å². The molecule has 0 aromatic heterocycles. The number of methoxy groups -OCH3 is 1. The van der Waals surface area contributed by atoms with Crippen molar-refractivity contribution in [3.8, 4) is 5.75 Å². The zero-order valence-corrected chi connectivity index (χ0v) is 11.6. The third kappa shape index (κ3) is 2.02. The Kier molecular flexibility index (Phi) is 2.93. The summed E-state index contributed by atoms with van der Waals surface area (Å²) in [6, 6.07) is 4.60. The molecule has 1 aliphatic rings. The van der Waals surface area contributed by atoms with Crippen molar-refractivity contribution in [2.45, 2.75) is 18.7 Å². The molecule has 0 atom stereocenters. The summed E-state index contributed by atoms with van der Waals surface area (Å²) < 4.78 is 29.1. The van der Waals surface area contributed by atoms with E-state index in [2.05, 4.69) is 0 Å². The van der Waals surface area contributed by atoms with Crippen LogP contribution in [0.2, 0.25) is 0 Å². The van der Waals surface area contributed by atoms with Crippen molar-refractivity contribution in [3.05, 3.63) is 29.2 Å². The molecule has 102 valence electrons. The number of hydrogen-bond acceptors (Lipinski definition) is 4. The average molecular weight is 282 g/mol. The maximum atomic E-state index is 12.1. The number of ether oxygens (including phenoxy) is 1. The quantitative estimate of drug-likeness (QED) is 0.916. The number of carboxylic acids is 1. The van der Waals surface area contributed by atoms with Crippen LogP contribution in [-0.4, -0.2) is 26.6 Å². The lowest BCUT2D eigenvalue weighted by molar-refractivity contribution is -0.143. The van der Waals surface area contributed by atoms with Crippen molar-refractivity contribution >= 4 is 21.4 Å². The van der Waals surface area contributed by atoms with Crippen LogP contribution < -0.4 is 4.74 Å². The number of carboxylic acid groups (broad SMARTS) is 1. The van der Waals surface area contributed by atoms with Gasteiger partial charge in [-0.3, -0.25) is 4.79 Å². The Morgan fingerprint density at radius 2 is 1.95 bits per heavy atom. The van der Waals surface area contributed by atoms with Crippen LogP contribution in [0.1, 0.15) is 19.4 Å². The minimum absolute atomic E-state index is 0.0937. The highest BCUT2D eigenvalue weighted by molar-refractivity contribution is 7.95. The molecule has 2 rings (SSSR count). The van der Waals surface area contributed by atoms with Crippen LogP contribution in [0.25, 0.3) is 5.57 Å². The molecule has 5 nitrogen and oxygen atoms in total. The number of fused-ring (bicyclic) bond motifs is 1. The highest BCUT2D eigenvalue weighted by atomic mass is 32.2. The molecule has 0 saturated carbocycles. The standard InChI is InChI=1S/C13H14O5S/c1-13(2,12(14)15)10-7-19(16,17)11-6-8(18-3)4-5-9(10)11/h4-7H,1-3H3,(H,14,15). The van der Waals surface area contributed by atoms with Crippen molar-refractivity contribution in [2.75, 3.05) is 7.11 Å². The molecule has 6 heteroatoms. The normalized spacial score (nSPS) is 16.7. The second kappa shape index (κ2) is 4.09. The van der Waals surface area contributed by atoms with E-state index in [0.29, 0.717) is 11.3 Å². The smallest absolute Gasteiger partial charge is 0.313 e. The predicted molar refractivity (Wildman–Crippen MR) is 69.6 cm³/mol. The first-order valence-corrected chi connectivity index (χ1v) is 7.14. The van der Waals surface area contributed by atoms with Gasteiger partial charge in [-0.15, -0.1) is 0 Å². The van der Waals surface area contributed by atoms with Crippen molar-refractivity contribution in [2.24, 2.45) is 5.41 Å². The molecular weight excluding hydrogens is 268 g/mol. The van der Waals surface area contributed by atoms with E-state index in [1.54, 1.807) is 12.1 Å². The molecule has 0 fully saturated rings. The number of benzene rings is 1. The highest BCUT2D eigenvalue weighted by Gasteiger charge is 2.40. The molecule has 0 spiro atoms. The summed E-state index contributed by atoms with van der Waals surface area (Å²) in [5, 5.41) is 10.3. The first-order chi connectivity index (χ1) is 8.70. The number of aliphatic carboxylic acids is 1. The monoisotopic (exact) mass is 282 g/mol. The zero-order chi connectivity index (χ0) is 14.4. The van der Waals surface area contributed by atoms with Gasteiger partial charge in [0.25, 0.3) is 0 Å². The topological polar surface area (TPSA) is 80.7 Å². The lowest BCUT2D eigenvalue weighted by Gasteiger charge is -2.21. The SMILES string of the molecule is COc1ccc2c(c1)S(=O)(=O)C=C2C(C)(C)C(=O)O. The first kappa shape index (κ1) is 13.6. The molecule has 0 unspecified atom stereocenters. The lowest BCUT2D eigenvalue weighted by Crippen LogP contribution is -2.24. The summed E-state index contributed by atoms with van der Waals surface area (Å²) in [4.78, 5) is 11.4. The van der Waals surface area contributed by atoms with E-state index in [4.69, 9.17) is 4.74 Å². The Balaban J connectivity index is 2.69. The molecule has 0 saturated heterocycles. The predicted octanol–water partition coefficient (Wildman–Crippen LogP) is 1.93. The summed E-state index contributed by atoms with van der Waals surface area (Å²) in [6.07, 6.45) is 0. The summed E-state index contributed by atoms with van der Waals surface area (Å²) in [5.74, 6) is -0.650. The third-order valence-electron chi connectivity index (χ3n) is 3.27. The van der Waals surface area contributed by atoms with Crippen LogP contribution >= 0.6 is 0 Å². The van der Waals surface area contributed by atoms with E-state index in [1.165, 1.54) is 27.0 Å².